The highest BCUT2D eigenvalue weighted by molar-refractivity contribution is 6.00. The van der Waals surface area contributed by atoms with E-state index in [0.29, 0.717) is 5.56 Å². The molecule has 0 atom stereocenters. The molecule has 5 heteroatoms. The number of hydrogen-bond donors (Lipinski definition) is 1. The van der Waals surface area contributed by atoms with E-state index in [4.69, 9.17) is 9.94 Å². The van der Waals surface area contributed by atoms with Gasteiger partial charge in [0.1, 0.15) is 24.8 Å². The summed E-state index contributed by atoms with van der Waals surface area (Å²) in [4.78, 5) is 0. The second kappa shape index (κ2) is 5.29. The van der Waals surface area contributed by atoms with Gasteiger partial charge in [-0.1, -0.05) is 5.16 Å². The van der Waals surface area contributed by atoms with Crippen molar-refractivity contribution >= 4 is 5.71 Å². The van der Waals surface area contributed by atoms with Crippen molar-refractivity contribution in [3.63, 3.8) is 0 Å². The fourth-order valence-electron chi connectivity index (χ4n) is 1.12. The van der Waals surface area contributed by atoms with Crippen LogP contribution in [0, 0.1) is 5.82 Å². The molecule has 82 valence electrons. The molecule has 0 aromatic heterocycles. The standard InChI is InChI=1S/C10H11F2NO2/c1-7(13-14)9-3-2-8(12)6-10(9)15-5-4-11/h2-3,6,14H,4-5H2,1H3/b13-7-. The molecule has 0 aliphatic rings. The predicted octanol–water partition coefficient (Wildman–Crippen LogP) is 2.37. The Kier molecular flexibility index (Phi) is 4.03. The third-order valence-corrected chi connectivity index (χ3v) is 1.82. The predicted molar refractivity (Wildman–Crippen MR) is 51.9 cm³/mol. The lowest BCUT2D eigenvalue weighted by Crippen LogP contribution is -2.05. The first-order valence-electron chi connectivity index (χ1n) is 4.36. The molecule has 1 aromatic carbocycles. The van der Waals surface area contributed by atoms with Crippen LogP contribution >= 0.6 is 0 Å². The largest absolute Gasteiger partial charge is 0.490 e. The van der Waals surface area contributed by atoms with Gasteiger partial charge in [-0.15, -0.1) is 0 Å². The van der Waals surface area contributed by atoms with Gasteiger partial charge in [0.15, 0.2) is 0 Å². The SMILES string of the molecule is C/C(=N/O)c1ccc(F)cc1OCCF. The molecule has 15 heavy (non-hydrogen) atoms. The minimum absolute atomic E-state index is 0.158. The van der Waals surface area contributed by atoms with Crippen LogP contribution in [0.25, 0.3) is 0 Å². The van der Waals surface area contributed by atoms with Crippen LogP contribution in [-0.2, 0) is 0 Å². The lowest BCUT2D eigenvalue weighted by molar-refractivity contribution is 0.271. The highest BCUT2D eigenvalue weighted by atomic mass is 19.1. The fraction of sp³-hybridized carbons (Fsp3) is 0.300. The second-order valence-corrected chi connectivity index (χ2v) is 2.86. The zero-order chi connectivity index (χ0) is 11.3. The van der Waals surface area contributed by atoms with Crippen molar-refractivity contribution in [2.75, 3.05) is 13.3 Å². The summed E-state index contributed by atoms with van der Waals surface area (Å²) >= 11 is 0. The number of ether oxygens (including phenoxy) is 1. The molecule has 0 saturated heterocycles. The van der Waals surface area contributed by atoms with Crippen molar-refractivity contribution in [2.45, 2.75) is 6.92 Å². The van der Waals surface area contributed by atoms with Crippen LogP contribution in [0.3, 0.4) is 0 Å². The van der Waals surface area contributed by atoms with E-state index in [1.807, 2.05) is 0 Å². The summed E-state index contributed by atoms with van der Waals surface area (Å²) < 4.78 is 29.7. The van der Waals surface area contributed by atoms with Crippen LogP contribution in [0.4, 0.5) is 8.78 Å². The average Bonchev–Trinajstić information content (AvgIpc) is 2.25. The molecule has 3 nitrogen and oxygen atoms in total. The first kappa shape index (κ1) is 11.4. The monoisotopic (exact) mass is 215 g/mol. The summed E-state index contributed by atoms with van der Waals surface area (Å²) in [5, 5.41) is 11.5. The van der Waals surface area contributed by atoms with E-state index in [-0.39, 0.29) is 18.1 Å². The molecule has 0 saturated carbocycles. The highest BCUT2D eigenvalue weighted by Gasteiger charge is 2.08. The molecule has 0 fully saturated rings. The van der Waals surface area contributed by atoms with E-state index in [0.717, 1.165) is 6.07 Å². The van der Waals surface area contributed by atoms with Gasteiger partial charge in [0.25, 0.3) is 0 Å². The first-order chi connectivity index (χ1) is 7.19. The van der Waals surface area contributed by atoms with E-state index in [9.17, 15) is 8.78 Å². The third-order valence-electron chi connectivity index (χ3n) is 1.82. The zero-order valence-electron chi connectivity index (χ0n) is 8.20. The van der Waals surface area contributed by atoms with Crippen LogP contribution < -0.4 is 4.74 Å². The van der Waals surface area contributed by atoms with Crippen molar-refractivity contribution in [3.8, 4) is 5.75 Å². The lowest BCUT2D eigenvalue weighted by atomic mass is 10.1. The molecule has 0 aliphatic heterocycles. The van der Waals surface area contributed by atoms with Crippen LogP contribution in [0.2, 0.25) is 0 Å². The van der Waals surface area contributed by atoms with Crippen molar-refractivity contribution < 1.29 is 18.7 Å². The summed E-state index contributed by atoms with van der Waals surface area (Å²) in [6.07, 6.45) is 0. The first-order valence-corrected chi connectivity index (χ1v) is 4.36. The fourth-order valence-corrected chi connectivity index (χ4v) is 1.12. The number of halogens is 2. The quantitative estimate of drug-likeness (QED) is 0.476. The number of benzene rings is 1. The molecule has 1 N–H and O–H groups in total. The maximum absolute atomic E-state index is 12.9. The Balaban J connectivity index is 3.03. The molecule has 0 radical (unpaired) electrons. The van der Waals surface area contributed by atoms with E-state index in [1.54, 1.807) is 0 Å². The summed E-state index contributed by atoms with van der Waals surface area (Å²) in [5.74, 6) is -0.318. The molecular weight excluding hydrogens is 204 g/mol. The van der Waals surface area contributed by atoms with Crippen molar-refractivity contribution in [1.29, 1.82) is 0 Å². The number of oxime groups is 1. The highest BCUT2D eigenvalue weighted by Crippen LogP contribution is 2.20. The molecule has 0 heterocycles. The Morgan fingerprint density at radius 2 is 2.27 bits per heavy atom. The van der Waals surface area contributed by atoms with Gasteiger partial charge in [0.2, 0.25) is 0 Å². The summed E-state index contributed by atoms with van der Waals surface area (Å²) in [6.45, 7) is 0.718. The molecule has 0 spiro atoms. The Bertz CT molecular complexity index is 366. The molecule has 0 unspecified atom stereocenters. The van der Waals surface area contributed by atoms with Crippen LogP contribution in [0.5, 0.6) is 5.75 Å². The van der Waals surface area contributed by atoms with Gasteiger partial charge in [-0.25, -0.2) is 8.78 Å². The van der Waals surface area contributed by atoms with E-state index >= 15 is 0 Å². The third kappa shape index (κ3) is 2.90. The van der Waals surface area contributed by atoms with Crippen LogP contribution in [0.15, 0.2) is 23.4 Å². The van der Waals surface area contributed by atoms with Gasteiger partial charge in [-0.05, 0) is 19.1 Å². The number of hydrogen-bond acceptors (Lipinski definition) is 3. The minimum Gasteiger partial charge on any atom is -0.490 e. The van der Waals surface area contributed by atoms with E-state index < -0.39 is 12.5 Å². The van der Waals surface area contributed by atoms with Gasteiger partial charge in [0.05, 0.1) is 5.71 Å². The number of nitrogens with zero attached hydrogens (tertiary/aromatic N) is 1. The number of rotatable bonds is 4. The Morgan fingerprint density at radius 1 is 1.53 bits per heavy atom. The zero-order valence-corrected chi connectivity index (χ0v) is 8.20. The Hall–Kier alpha value is -1.65. The average molecular weight is 215 g/mol. The summed E-state index contributed by atoms with van der Waals surface area (Å²) in [5.41, 5.74) is 0.719. The maximum atomic E-state index is 12.9. The van der Waals surface area contributed by atoms with Crippen molar-refractivity contribution in [2.24, 2.45) is 5.16 Å². The minimum atomic E-state index is -0.661. The topological polar surface area (TPSA) is 41.8 Å². The molecule has 0 amide bonds. The second-order valence-electron chi connectivity index (χ2n) is 2.86. The molecule has 0 aliphatic carbocycles. The normalized spacial score (nSPS) is 11.5. The van der Waals surface area contributed by atoms with Crippen molar-refractivity contribution in [3.05, 3.63) is 29.6 Å². The van der Waals surface area contributed by atoms with Gasteiger partial charge in [-0.2, -0.15) is 0 Å². The van der Waals surface area contributed by atoms with Gasteiger partial charge < -0.3 is 9.94 Å². The van der Waals surface area contributed by atoms with Gasteiger partial charge in [0, 0.05) is 11.6 Å². The molecular formula is C10H11F2NO2. The lowest BCUT2D eigenvalue weighted by Gasteiger charge is -2.09. The number of alkyl halides is 1. The van der Waals surface area contributed by atoms with E-state index in [2.05, 4.69) is 5.16 Å². The van der Waals surface area contributed by atoms with E-state index in [1.165, 1.54) is 19.1 Å². The van der Waals surface area contributed by atoms with Crippen molar-refractivity contribution in [1.82, 2.24) is 0 Å². The summed E-state index contributed by atoms with van der Waals surface area (Å²) in [6, 6.07) is 3.75. The van der Waals surface area contributed by atoms with Crippen LogP contribution in [0.1, 0.15) is 12.5 Å². The molecule has 0 bridgehead atoms. The van der Waals surface area contributed by atoms with Crippen LogP contribution in [-0.4, -0.2) is 24.2 Å². The molecule has 1 rings (SSSR count). The Labute approximate surface area is 86.0 Å². The smallest absolute Gasteiger partial charge is 0.131 e. The summed E-state index contributed by atoms with van der Waals surface area (Å²) in [7, 11) is 0. The van der Waals surface area contributed by atoms with Gasteiger partial charge >= 0.3 is 0 Å². The Morgan fingerprint density at radius 3 is 2.87 bits per heavy atom. The maximum Gasteiger partial charge on any atom is 0.131 e. The van der Waals surface area contributed by atoms with Gasteiger partial charge in [-0.3, -0.25) is 0 Å². The molecule has 1 aromatic rings.